The maximum Gasteiger partial charge on any atom is 0.325 e. The number of nitrogens with zero attached hydrogens (tertiary/aromatic N) is 1. The van der Waals surface area contributed by atoms with Crippen LogP contribution in [-0.2, 0) is 9.53 Å². The molecule has 1 aromatic rings. The molecule has 0 amide bonds. The Morgan fingerprint density at radius 1 is 1.81 bits per heavy atom. The average molecular weight is 244 g/mol. The first kappa shape index (κ1) is 13.1. The van der Waals surface area contributed by atoms with Gasteiger partial charge in [0.2, 0.25) is 0 Å². The molecule has 0 spiro atoms. The Labute approximate surface area is 98.7 Å². The van der Waals surface area contributed by atoms with Crippen LogP contribution >= 0.6 is 11.8 Å². The predicted octanol–water partition coefficient (Wildman–Crippen LogP) is 1.44. The summed E-state index contributed by atoms with van der Waals surface area (Å²) in [5.74, 6) is -0.410. The van der Waals surface area contributed by atoms with Gasteiger partial charge in [-0.25, -0.2) is 4.98 Å². The van der Waals surface area contributed by atoms with Gasteiger partial charge in [-0.15, -0.1) is 0 Å². The maximum absolute atomic E-state index is 11.4. The Morgan fingerprint density at radius 3 is 3.00 bits per heavy atom. The molecule has 90 valence electrons. The molecule has 1 heterocycles. The van der Waals surface area contributed by atoms with Crippen LogP contribution < -0.4 is 5.73 Å². The molecule has 0 aliphatic heterocycles. The second-order valence-electron chi connectivity index (χ2n) is 3.84. The average Bonchev–Trinajstić information content (AvgIpc) is 2.67. The topological polar surface area (TPSA) is 78.4 Å². The summed E-state index contributed by atoms with van der Waals surface area (Å²) in [4.78, 5) is 15.4. The molecule has 2 unspecified atom stereocenters. The largest absolute Gasteiger partial charge is 0.468 e. The van der Waals surface area contributed by atoms with Crippen LogP contribution in [0.3, 0.4) is 0 Å². The van der Waals surface area contributed by atoms with Crippen LogP contribution in [0.2, 0.25) is 0 Å². The SMILES string of the molecule is COC(=O)C(C)(N)CC(C)Sc1ncco1. The van der Waals surface area contributed by atoms with E-state index >= 15 is 0 Å². The number of carbonyl (C=O) groups is 1. The van der Waals surface area contributed by atoms with Crippen molar-refractivity contribution in [3.05, 3.63) is 12.5 Å². The van der Waals surface area contributed by atoms with E-state index in [1.165, 1.54) is 25.1 Å². The number of carbonyl (C=O) groups excluding carboxylic acids is 1. The molecular formula is C10H16N2O3S. The lowest BCUT2D eigenvalue weighted by atomic mass is 9.98. The zero-order chi connectivity index (χ0) is 12.2. The molecule has 5 nitrogen and oxygen atoms in total. The molecule has 0 bridgehead atoms. The summed E-state index contributed by atoms with van der Waals surface area (Å²) >= 11 is 1.44. The number of aromatic nitrogens is 1. The molecule has 0 aromatic carbocycles. The van der Waals surface area contributed by atoms with Gasteiger partial charge in [-0.1, -0.05) is 18.7 Å². The molecule has 2 atom stereocenters. The van der Waals surface area contributed by atoms with Crippen LogP contribution in [0.25, 0.3) is 0 Å². The standard InChI is InChI=1S/C10H16N2O3S/c1-7(16-9-12-4-5-15-9)6-10(2,11)8(13)14-3/h4-5,7H,6,11H2,1-3H3. The van der Waals surface area contributed by atoms with E-state index in [1.807, 2.05) is 6.92 Å². The Bertz CT molecular complexity index is 338. The van der Waals surface area contributed by atoms with Gasteiger partial charge in [0.15, 0.2) is 0 Å². The van der Waals surface area contributed by atoms with Crippen LogP contribution in [0.1, 0.15) is 20.3 Å². The van der Waals surface area contributed by atoms with Crippen molar-refractivity contribution in [2.75, 3.05) is 7.11 Å². The molecule has 1 aromatic heterocycles. The monoisotopic (exact) mass is 244 g/mol. The summed E-state index contributed by atoms with van der Waals surface area (Å²) < 4.78 is 9.74. The minimum Gasteiger partial charge on any atom is -0.468 e. The highest BCUT2D eigenvalue weighted by molar-refractivity contribution is 7.99. The van der Waals surface area contributed by atoms with Gasteiger partial charge in [-0.3, -0.25) is 4.79 Å². The van der Waals surface area contributed by atoms with E-state index in [1.54, 1.807) is 13.1 Å². The van der Waals surface area contributed by atoms with Crippen molar-refractivity contribution in [1.82, 2.24) is 4.98 Å². The molecular weight excluding hydrogens is 228 g/mol. The van der Waals surface area contributed by atoms with Crippen molar-refractivity contribution in [1.29, 1.82) is 0 Å². The van der Waals surface area contributed by atoms with Gasteiger partial charge >= 0.3 is 5.97 Å². The summed E-state index contributed by atoms with van der Waals surface area (Å²) in [7, 11) is 1.33. The van der Waals surface area contributed by atoms with Gasteiger partial charge in [-0.2, -0.15) is 0 Å². The number of rotatable bonds is 5. The van der Waals surface area contributed by atoms with Crippen LogP contribution in [-0.4, -0.2) is 28.9 Å². The zero-order valence-corrected chi connectivity index (χ0v) is 10.4. The third-order valence-electron chi connectivity index (χ3n) is 2.07. The van der Waals surface area contributed by atoms with Gasteiger partial charge in [0.25, 0.3) is 5.22 Å². The molecule has 0 fully saturated rings. The number of oxazole rings is 1. The highest BCUT2D eigenvalue weighted by atomic mass is 32.2. The highest BCUT2D eigenvalue weighted by Crippen LogP contribution is 2.26. The number of esters is 1. The lowest BCUT2D eigenvalue weighted by Crippen LogP contribution is -2.47. The van der Waals surface area contributed by atoms with E-state index in [-0.39, 0.29) is 5.25 Å². The molecule has 0 saturated heterocycles. The lowest BCUT2D eigenvalue weighted by Gasteiger charge is -2.23. The lowest BCUT2D eigenvalue weighted by molar-refractivity contribution is -0.146. The summed E-state index contributed by atoms with van der Waals surface area (Å²) in [6.07, 6.45) is 3.58. The third kappa shape index (κ3) is 3.53. The Hall–Kier alpha value is -1.01. The molecule has 2 N–H and O–H groups in total. The van der Waals surface area contributed by atoms with Gasteiger partial charge in [0.1, 0.15) is 11.8 Å². The van der Waals surface area contributed by atoms with Crippen molar-refractivity contribution in [2.24, 2.45) is 5.73 Å². The minimum atomic E-state index is -0.978. The van der Waals surface area contributed by atoms with Crippen molar-refractivity contribution in [2.45, 2.75) is 36.3 Å². The molecule has 0 aliphatic rings. The number of thioether (sulfide) groups is 1. The van der Waals surface area contributed by atoms with E-state index in [2.05, 4.69) is 9.72 Å². The number of ether oxygens (including phenoxy) is 1. The fraction of sp³-hybridized carbons (Fsp3) is 0.600. The summed E-state index contributed by atoms with van der Waals surface area (Å²) in [5.41, 5.74) is 4.88. The molecule has 16 heavy (non-hydrogen) atoms. The van der Waals surface area contributed by atoms with Crippen molar-refractivity contribution < 1.29 is 13.9 Å². The van der Waals surface area contributed by atoms with Gasteiger partial charge in [-0.05, 0) is 13.3 Å². The predicted molar refractivity (Wildman–Crippen MR) is 61.0 cm³/mol. The third-order valence-corrected chi connectivity index (χ3v) is 3.05. The smallest absolute Gasteiger partial charge is 0.325 e. The van der Waals surface area contributed by atoms with Crippen LogP contribution in [0, 0.1) is 0 Å². The zero-order valence-electron chi connectivity index (χ0n) is 9.60. The molecule has 6 heteroatoms. The number of hydrogen-bond donors (Lipinski definition) is 1. The molecule has 1 rings (SSSR count). The first-order chi connectivity index (χ1) is 7.45. The Morgan fingerprint density at radius 2 is 2.50 bits per heavy atom. The van der Waals surface area contributed by atoms with E-state index < -0.39 is 11.5 Å². The Balaban J connectivity index is 2.50. The number of methoxy groups -OCH3 is 1. The van der Waals surface area contributed by atoms with Crippen LogP contribution in [0.4, 0.5) is 0 Å². The minimum absolute atomic E-state index is 0.118. The van der Waals surface area contributed by atoms with Gasteiger partial charge in [0, 0.05) is 5.25 Å². The highest BCUT2D eigenvalue weighted by Gasteiger charge is 2.31. The molecule has 0 radical (unpaired) electrons. The summed E-state index contributed by atoms with van der Waals surface area (Å²) in [6, 6.07) is 0. The number of nitrogens with two attached hydrogens (primary N) is 1. The van der Waals surface area contributed by atoms with Crippen LogP contribution in [0.15, 0.2) is 22.1 Å². The second kappa shape index (κ2) is 5.36. The van der Waals surface area contributed by atoms with Gasteiger partial charge < -0.3 is 14.9 Å². The summed E-state index contributed by atoms with van der Waals surface area (Å²) in [6.45, 7) is 3.62. The molecule has 0 saturated carbocycles. The quantitative estimate of drug-likeness (QED) is 0.623. The molecule has 0 aliphatic carbocycles. The second-order valence-corrected chi connectivity index (χ2v) is 5.23. The first-order valence-corrected chi connectivity index (χ1v) is 5.77. The van der Waals surface area contributed by atoms with E-state index in [0.29, 0.717) is 11.6 Å². The normalized spacial score (nSPS) is 16.5. The van der Waals surface area contributed by atoms with E-state index in [0.717, 1.165) is 0 Å². The van der Waals surface area contributed by atoms with Crippen molar-refractivity contribution in [3.8, 4) is 0 Å². The Kier molecular flexibility index (Phi) is 4.37. The maximum atomic E-state index is 11.4. The first-order valence-electron chi connectivity index (χ1n) is 4.89. The fourth-order valence-corrected chi connectivity index (χ4v) is 2.40. The van der Waals surface area contributed by atoms with Gasteiger partial charge in [0.05, 0.1) is 13.3 Å². The van der Waals surface area contributed by atoms with E-state index in [4.69, 9.17) is 10.2 Å². The fourth-order valence-electron chi connectivity index (χ4n) is 1.40. The van der Waals surface area contributed by atoms with E-state index in [9.17, 15) is 4.79 Å². The van der Waals surface area contributed by atoms with Crippen LogP contribution in [0.5, 0.6) is 0 Å². The summed E-state index contributed by atoms with van der Waals surface area (Å²) in [5, 5.41) is 0.695. The number of hydrogen-bond acceptors (Lipinski definition) is 6. The van der Waals surface area contributed by atoms with Crippen molar-refractivity contribution in [3.63, 3.8) is 0 Å². The van der Waals surface area contributed by atoms with Crippen molar-refractivity contribution >= 4 is 17.7 Å².